The van der Waals surface area contributed by atoms with E-state index in [0.717, 1.165) is 25.9 Å². The molecule has 4 heteroatoms. The predicted molar refractivity (Wildman–Crippen MR) is 58.1 cm³/mol. The van der Waals surface area contributed by atoms with E-state index in [2.05, 4.69) is 16.3 Å². The smallest absolute Gasteiger partial charge is 0.222 e. The van der Waals surface area contributed by atoms with E-state index in [1.54, 1.807) is 0 Å². The van der Waals surface area contributed by atoms with Gasteiger partial charge in [0, 0.05) is 25.0 Å². The molecule has 0 aromatic carbocycles. The molecule has 0 aromatic heterocycles. The number of piperidine rings is 1. The highest BCUT2D eigenvalue weighted by molar-refractivity contribution is 5.78. The van der Waals surface area contributed by atoms with Gasteiger partial charge in [-0.25, -0.2) is 0 Å². The zero-order chi connectivity index (χ0) is 11.3. The Morgan fingerprint density at radius 3 is 2.60 bits per heavy atom. The molecule has 15 heavy (non-hydrogen) atoms. The average molecular weight is 209 g/mol. The lowest BCUT2D eigenvalue weighted by molar-refractivity contribution is -0.125. The third-order valence-electron chi connectivity index (χ3n) is 2.75. The van der Waals surface area contributed by atoms with Crippen molar-refractivity contribution in [2.24, 2.45) is 5.92 Å². The van der Waals surface area contributed by atoms with Crippen molar-refractivity contribution in [3.63, 3.8) is 0 Å². The van der Waals surface area contributed by atoms with Gasteiger partial charge in [0.2, 0.25) is 5.91 Å². The van der Waals surface area contributed by atoms with Gasteiger partial charge in [-0.3, -0.25) is 9.69 Å². The zero-order valence-corrected chi connectivity index (χ0v) is 9.49. The lowest BCUT2D eigenvalue weighted by Crippen LogP contribution is -2.45. The van der Waals surface area contributed by atoms with Gasteiger partial charge in [-0.2, -0.15) is 5.26 Å². The van der Waals surface area contributed by atoms with Crippen molar-refractivity contribution in [3.05, 3.63) is 0 Å². The first-order valence-corrected chi connectivity index (χ1v) is 5.53. The number of nitriles is 1. The maximum atomic E-state index is 11.4. The molecule has 0 bridgehead atoms. The van der Waals surface area contributed by atoms with Crippen LogP contribution in [-0.2, 0) is 4.79 Å². The zero-order valence-electron chi connectivity index (χ0n) is 9.49. The summed E-state index contributed by atoms with van der Waals surface area (Å²) in [7, 11) is 0. The Balaban J connectivity index is 2.26. The molecule has 0 aromatic rings. The summed E-state index contributed by atoms with van der Waals surface area (Å²) in [5, 5.41) is 11.6. The minimum absolute atomic E-state index is 0.0575. The van der Waals surface area contributed by atoms with E-state index >= 15 is 0 Å². The number of carbonyl (C=O) groups is 1. The molecule has 0 spiro atoms. The highest BCUT2D eigenvalue weighted by Gasteiger charge is 2.20. The topological polar surface area (TPSA) is 56.1 Å². The molecule has 0 unspecified atom stereocenters. The quantitative estimate of drug-likeness (QED) is 0.698. The second kappa shape index (κ2) is 5.72. The summed E-state index contributed by atoms with van der Waals surface area (Å²) < 4.78 is 0. The van der Waals surface area contributed by atoms with Gasteiger partial charge in [0.15, 0.2) is 0 Å². The van der Waals surface area contributed by atoms with Crippen molar-refractivity contribution in [1.82, 2.24) is 10.2 Å². The number of nitrogens with one attached hydrogen (secondary N) is 1. The number of rotatable bonds is 3. The van der Waals surface area contributed by atoms with Crippen LogP contribution in [0.5, 0.6) is 0 Å². The first-order valence-electron chi connectivity index (χ1n) is 5.53. The number of nitrogens with zero attached hydrogens (tertiary/aromatic N) is 2. The first-order chi connectivity index (χ1) is 7.13. The van der Waals surface area contributed by atoms with Gasteiger partial charge in [0.1, 0.15) is 0 Å². The van der Waals surface area contributed by atoms with Crippen LogP contribution in [0.3, 0.4) is 0 Å². The Hall–Kier alpha value is -1.08. The first kappa shape index (κ1) is 12.0. The molecule has 0 radical (unpaired) electrons. The molecule has 84 valence electrons. The summed E-state index contributed by atoms with van der Waals surface area (Å²) in [6.07, 6.45) is 1.92. The fourth-order valence-corrected chi connectivity index (χ4v) is 1.70. The second-order valence-corrected chi connectivity index (χ2v) is 4.37. The minimum Gasteiger partial charge on any atom is -0.353 e. The Morgan fingerprint density at radius 1 is 1.53 bits per heavy atom. The molecule has 0 atom stereocenters. The third kappa shape index (κ3) is 3.88. The van der Waals surface area contributed by atoms with Gasteiger partial charge in [-0.1, -0.05) is 13.8 Å². The average Bonchev–Trinajstić information content (AvgIpc) is 2.21. The van der Waals surface area contributed by atoms with E-state index in [4.69, 9.17) is 5.26 Å². The van der Waals surface area contributed by atoms with E-state index < -0.39 is 0 Å². The van der Waals surface area contributed by atoms with Crippen LogP contribution in [-0.4, -0.2) is 36.5 Å². The van der Waals surface area contributed by atoms with Crippen molar-refractivity contribution in [2.75, 3.05) is 19.6 Å². The van der Waals surface area contributed by atoms with Gasteiger partial charge in [0.25, 0.3) is 0 Å². The standard InChI is InChI=1S/C11H19N3O/c1-9(2)11(15)13-10-3-6-14(7-4-10)8-5-12/h9-10H,3-4,6-8H2,1-2H3,(H,13,15). The van der Waals surface area contributed by atoms with Crippen molar-refractivity contribution < 1.29 is 4.79 Å². The number of hydrogen-bond donors (Lipinski definition) is 1. The molecule has 4 nitrogen and oxygen atoms in total. The maximum absolute atomic E-state index is 11.4. The highest BCUT2D eigenvalue weighted by Crippen LogP contribution is 2.10. The van der Waals surface area contributed by atoms with Gasteiger partial charge in [0.05, 0.1) is 12.6 Å². The molecule has 1 amide bonds. The number of amides is 1. The minimum atomic E-state index is 0.0575. The van der Waals surface area contributed by atoms with Crippen LogP contribution in [0.25, 0.3) is 0 Å². The highest BCUT2D eigenvalue weighted by atomic mass is 16.1. The second-order valence-electron chi connectivity index (χ2n) is 4.37. The molecule has 1 heterocycles. The number of hydrogen-bond acceptors (Lipinski definition) is 3. The molecular formula is C11H19N3O. The van der Waals surface area contributed by atoms with E-state index in [1.807, 2.05) is 13.8 Å². The van der Waals surface area contributed by atoms with Crippen molar-refractivity contribution in [3.8, 4) is 6.07 Å². The SMILES string of the molecule is CC(C)C(=O)NC1CCN(CC#N)CC1. The van der Waals surface area contributed by atoms with Gasteiger partial charge in [-0.05, 0) is 12.8 Å². The molecule has 1 fully saturated rings. The van der Waals surface area contributed by atoms with Crippen LogP contribution in [0.1, 0.15) is 26.7 Å². The Kier molecular flexibility index (Phi) is 4.57. The molecule has 1 rings (SSSR count). The van der Waals surface area contributed by atoms with Crippen LogP contribution in [0.4, 0.5) is 0 Å². The van der Waals surface area contributed by atoms with Crippen LogP contribution < -0.4 is 5.32 Å². The molecule has 1 aliphatic heterocycles. The van der Waals surface area contributed by atoms with Crippen molar-refractivity contribution >= 4 is 5.91 Å². The van der Waals surface area contributed by atoms with Gasteiger partial charge in [-0.15, -0.1) is 0 Å². The lowest BCUT2D eigenvalue weighted by Gasteiger charge is -2.31. The number of carbonyl (C=O) groups excluding carboxylic acids is 1. The third-order valence-corrected chi connectivity index (χ3v) is 2.75. The lowest BCUT2D eigenvalue weighted by atomic mass is 10.0. The normalized spacial score (nSPS) is 18.8. The van der Waals surface area contributed by atoms with E-state index in [1.165, 1.54) is 0 Å². The van der Waals surface area contributed by atoms with Gasteiger partial charge >= 0.3 is 0 Å². The molecule has 0 saturated carbocycles. The Labute approximate surface area is 91.2 Å². The molecule has 1 saturated heterocycles. The Bertz CT molecular complexity index is 249. The summed E-state index contributed by atoms with van der Waals surface area (Å²) >= 11 is 0. The maximum Gasteiger partial charge on any atom is 0.222 e. The largest absolute Gasteiger partial charge is 0.353 e. The van der Waals surface area contributed by atoms with E-state index in [0.29, 0.717) is 12.6 Å². The number of likely N-dealkylation sites (tertiary alicyclic amines) is 1. The summed E-state index contributed by atoms with van der Waals surface area (Å²) in [5.74, 6) is 0.191. The molecular weight excluding hydrogens is 190 g/mol. The predicted octanol–water partition coefficient (Wildman–Crippen LogP) is 0.747. The fourth-order valence-electron chi connectivity index (χ4n) is 1.70. The van der Waals surface area contributed by atoms with Gasteiger partial charge < -0.3 is 5.32 Å². The Morgan fingerprint density at radius 2 is 2.13 bits per heavy atom. The molecule has 1 N–H and O–H groups in total. The van der Waals surface area contributed by atoms with Crippen molar-refractivity contribution in [2.45, 2.75) is 32.7 Å². The molecule has 1 aliphatic rings. The monoisotopic (exact) mass is 209 g/mol. The van der Waals surface area contributed by atoms with E-state index in [-0.39, 0.29) is 11.8 Å². The van der Waals surface area contributed by atoms with Crippen molar-refractivity contribution in [1.29, 1.82) is 5.26 Å². The van der Waals surface area contributed by atoms with Crippen LogP contribution >= 0.6 is 0 Å². The summed E-state index contributed by atoms with van der Waals surface area (Å²) in [5.41, 5.74) is 0. The molecule has 0 aliphatic carbocycles. The summed E-state index contributed by atoms with van der Waals surface area (Å²) in [6.45, 7) is 6.14. The fraction of sp³-hybridized carbons (Fsp3) is 0.818. The van der Waals surface area contributed by atoms with Crippen LogP contribution in [0.2, 0.25) is 0 Å². The summed E-state index contributed by atoms with van der Waals surface area (Å²) in [6, 6.07) is 2.45. The van der Waals surface area contributed by atoms with Crippen LogP contribution in [0, 0.1) is 17.2 Å². The van der Waals surface area contributed by atoms with Crippen LogP contribution in [0.15, 0.2) is 0 Å². The summed E-state index contributed by atoms with van der Waals surface area (Å²) in [4.78, 5) is 13.6. The van der Waals surface area contributed by atoms with E-state index in [9.17, 15) is 4.79 Å².